The maximum absolute atomic E-state index is 5.10. The van der Waals surface area contributed by atoms with E-state index in [1.165, 1.54) is 56.9 Å². The Balaban J connectivity index is 3.47. The summed E-state index contributed by atoms with van der Waals surface area (Å²) >= 11 is 0. The molecule has 1 nitrogen and oxygen atoms in total. The van der Waals surface area contributed by atoms with E-state index in [1.807, 2.05) is 0 Å². The molecule has 0 aromatic rings. The van der Waals surface area contributed by atoms with Crippen LogP contribution >= 0.6 is 0 Å². The fraction of sp³-hybridized carbons (Fsp3) is 0.900. The van der Waals surface area contributed by atoms with E-state index in [2.05, 4.69) is 34.3 Å². The molecule has 0 radical (unpaired) electrons. The molecule has 0 saturated carbocycles. The number of hydrogen-bond acceptors (Lipinski definition) is 1. The summed E-state index contributed by atoms with van der Waals surface area (Å²) in [4.78, 5) is 0. The Morgan fingerprint density at radius 2 is 1.29 bits per heavy atom. The maximum Gasteiger partial charge on any atom is 0.0670 e. The van der Waals surface area contributed by atoms with Gasteiger partial charge in [-0.1, -0.05) is 84.8 Å². The summed E-state index contributed by atoms with van der Waals surface area (Å²) in [5.74, 6) is 2.64. The van der Waals surface area contributed by atoms with Gasteiger partial charge in [-0.05, 0) is 30.6 Å². The van der Waals surface area contributed by atoms with Crippen molar-refractivity contribution in [3.63, 3.8) is 0 Å². The predicted molar refractivity (Wildman–Crippen MR) is 95.7 cm³/mol. The second kappa shape index (κ2) is 13.4. The van der Waals surface area contributed by atoms with Crippen LogP contribution in [0, 0.1) is 17.8 Å². The fourth-order valence-corrected chi connectivity index (χ4v) is 2.95. The molecule has 0 rings (SSSR count). The molecule has 0 spiro atoms. The minimum Gasteiger partial charge on any atom is -0.380 e. The van der Waals surface area contributed by atoms with Crippen LogP contribution in [0.25, 0.3) is 0 Å². The van der Waals surface area contributed by atoms with Crippen molar-refractivity contribution in [2.45, 2.75) is 85.5 Å². The Kier molecular flexibility index (Phi) is 13.2. The van der Waals surface area contributed by atoms with Crippen molar-refractivity contribution in [2.75, 3.05) is 13.7 Å². The highest BCUT2D eigenvalue weighted by atomic mass is 16.5. The summed E-state index contributed by atoms with van der Waals surface area (Å²) in [6.07, 6.45) is 12.2. The van der Waals surface area contributed by atoms with Crippen LogP contribution < -0.4 is 0 Å². The molecule has 0 aliphatic carbocycles. The van der Waals surface area contributed by atoms with E-state index in [-0.39, 0.29) is 0 Å². The summed E-state index contributed by atoms with van der Waals surface area (Å²) in [5, 5.41) is 0. The fourth-order valence-electron chi connectivity index (χ4n) is 2.95. The quantitative estimate of drug-likeness (QED) is 0.327. The van der Waals surface area contributed by atoms with Gasteiger partial charge in [0.25, 0.3) is 0 Å². The van der Waals surface area contributed by atoms with Gasteiger partial charge in [0, 0.05) is 7.11 Å². The smallest absolute Gasteiger partial charge is 0.0670 e. The van der Waals surface area contributed by atoms with Crippen molar-refractivity contribution < 1.29 is 4.74 Å². The molecule has 2 unspecified atom stereocenters. The largest absolute Gasteiger partial charge is 0.380 e. The molecule has 0 heterocycles. The van der Waals surface area contributed by atoms with Crippen LogP contribution in [0.2, 0.25) is 0 Å². The summed E-state index contributed by atoms with van der Waals surface area (Å²) in [6, 6.07) is 0. The molecular weight excluding hydrogens is 256 g/mol. The predicted octanol–water partition coefficient (Wildman–Crippen LogP) is 6.63. The Labute approximate surface area is 134 Å². The molecule has 0 aliphatic heterocycles. The first-order valence-corrected chi connectivity index (χ1v) is 9.11. The molecule has 0 aliphatic rings. The number of hydrogen-bond donors (Lipinski definition) is 0. The molecule has 0 saturated heterocycles. The standard InChI is InChI=1S/C20H40O/c1-17(2)10-7-11-18(3)12-8-13-19(4)14-9-15-20(5)16-21-6/h17-19H,5,7-16H2,1-4,6H3. The first kappa shape index (κ1) is 20.7. The summed E-state index contributed by atoms with van der Waals surface area (Å²) in [7, 11) is 1.75. The topological polar surface area (TPSA) is 9.23 Å². The number of ether oxygens (including phenoxy) is 1. The zero-order valence-corrected chi connectivity index (χ0v) is 15.4. The first-order chi connectivity index (χ1) is 9.95. The van der Waals surface area contributed by atoms with E-state index in [4.69, 9.17) is 4.74 Å². The molecule has 126 valence electrons. The van der Waals surface area contributed by atoms with Gasteiger partial charge in [0.15, 0.2) is 0 Å². The van der Waals surface area contributed by atoms with Crippen LogP contribution in [0.4, 0.5) is 0 Å². The monoisotopic (exact) mass is 296 g/mol. The lowest BCUT2D eigenvalue weighted by Gasteiger charge is -2.15. The minimum absolute atomic E-state index is 0.724. The summed E-state index contributed by atoms with van der Waals surface area (Å²) in [6.45, 7) is 14.3. The Bertz CT molecular complexity index is 244. The van der Waals surface area contributed by atoms with Crippen LogP contribution in [-0.2, 0) is 4.74 Å². The van der Waals surface area contributed by atoms with Crippen LogP contribution in [0.1, 0.15) is 85.5 Å². The van der Waals surface area contributed by atoms with Crippen LogP contribution in [0.3, 0.4) is 0 Å². The zero-order chi connectivity index (χ0) is 16.1. The van der Waals surface area contributed by atoms with Gasteiger partial charge in [0.2, 0.25) is 0 Å². The molecule has 0 bridgehead atoms. The van der Waals surface area contributed by atoms with E-state index in [0.29, 0.717) is 0 Å². The van der Waals surface area contributed by atoms with Crippen molar-refractivity contribution in [3.05, 3.63) is 12.2 Å². The van der Waals surface area contributed by atoms with Gasteiger partial charge in [-0.25, -0.2) is 0 Å². The second-order valence-corrected chi connectivity index (χ2v) is 7.54. The van der Waals surface area contributed by atoms with E-state index >= 15 is 0 Å². The Morgan fingerprint density at radius 3 is 1.76 bits per heavy atom. The highest BCUT2D eigenvalue weighted by Crippen LogP contribution is 2.21. The minimum atomic E-state index is 0.724. The van der Waals surface area contributed by atoms with Crippen LogP contribution in [-0.4, -0.2) is 13.7 Å². The normalized spacial score (nSPS) is 14.4. The third kappa shape index (κ3) is 14.4. The molecule has 21 heavy (non-hydrogen) atoms. The average Bonchev–Trinajstić information content (AvgIpc) is 2.38. The van der Waals surface area contributed by atoms with Gasteiger partial charge in [0.05, 0.1) is 6.61 Å². The lowest BCUT2D eigenvalue weighted by atomic mass is 9.91. The molecule has 0 aromatic heterocycles. The van der Waals surface area contributed by atoms with Gasteiger partial charge in [-0.2, -0.15) is 0 Å². The zero-order valence-electron chi connectivity index (χ0n) is 15.4. The SMILES string of the molecule is C=C(CCCC(C)CCCC(C)CCCC(C)C)COC. The Hall–Kier alpha value is -0.300. The lowest BCUT2D eigenvalue weighted by Crippen LogP contribution is -2.01. The summed E-state index contributed by atoms with van der Waals surface area (Å²) < 4.78 is 5.10. The third-order valence-electron chi connectivity index (χ3n) is 4.45. The second-order valence-electron chi connectivity index (χ2n) is 7.54. The molecule has 0 fully saturated rings. The van der Waals surface area contributed by atoms with Crippen molar-refractivity contribution >= 4 is 0 Å². The van der Waals surface area contributed by atoms with E-state index in [9.17, 15) is 0 Å². The third-order valence-corrected chi connectivity index (χ3v) is 4.45. The van der Waals surface area contributed by atoms with Crippen LogP contribution in [0.5, 0.6) is 0 Å². The molecule has 0 aromatic carbocycles. The molecule has 0 amide bonds. The van der Waals surface area contributed by atoms with E-state index in [1.54, 1.807) is 7.11 Å². The highest BCUT2D eigenvalue weighted by Gasteiger charge is 2.06. The van der Waals surface area contributed by atoms with Gasteiger partial charge in [-0.3, -0.25) is 0 Å². The van der Waals surface area contributed by atoms with Crippen molar-refractivity contribution in [3.8, 4) is 0 Å². The molecule has 2 atom stereocenters. The van der Waals surface area contributed by atoms with Gasteiger partial charge in [0.1, 0.15) is 0 Å². The van der Waals surface area contributed by atoms with E-state index < -0.39 is 0 Å². The molecule has 0 N–H and O–H groups in total. The van der Waals surface area contributed by atoms with Gasteiger partial charge >= 0.3 is 0 Å². The Morgan fingerprint density at radius 1 is 0.810 bits per heavy atom. The molecular formula is C20H40O. The number of methoxy groups -OCH3 is 1. The van der Waals surface area contributed by atoms with Gasteiger partial charge < -0.3 is 4.74 Å². The highest BCUT2D eigenvalue weighted by molar-refractivity contribution is 4.93. The van der Waals surface area contributed by atoms with Gasteiger partial charge in [-0.15, -0.1) is 0 Å². The lowest BCUT2D eigenvalue weighted by molar-refractivity contribution is 0.222. The van der Waals surface area contributed by atoms with Crippen molar-refractivity contribution in [1.29, 1.82) is 0 Å². The number of rotatable bonds is 14. The summed E-state index contributed by atoms with van der Waals surface area (Å²) in [5.41, 5.74) is 1.24. The maximum atomic E-state index is 5.10. The van der Waals surface area contributed by atoms with Crippen LogP contribution in [0.15, 0.2) is 12.2 Å². The van der Waals surface area contributed by atoms with Crippen molar-refractivity contribution in [1.82, 2.24) is 0 Å². The average molecular weight is 297 g/mol. The van der Waals surface area contributed by atoms with Crippen molar-refractivity contribution in [2.24, 2.45) is 17.8 Å². The first-order valence-electron chi connectivity index (χ1n) is 9.11. The van der Waals surface area contributed by atoms with E-state index in [0.717, 1.165) is 30.8 Å². The molecule has 1 heteroatoms.